The van der Waals surface area contributed by atoms with Gasteiger partial charge < -0.3 is 24.3 Å². The summed E-state index contributed by atoms with van der Waals surface area (Å²) < 4.78 is 45.1. The summed E-state index contributed by atoms with van der Waals surface area (Å²) in [6.07, 6.45) is 5.86. The molecule has 0 aliphatic carbocycles. The van der Waals surface area contributed by atoms with E-state index in [1.54, 1.807) is 56.1 Å². The molecule has 4 aliphatic heterocycles. The van der Waals surface area contributed by atoms with Crippen molar-refractivity contribution < 1.29 is 32.6 Å². The van der Waals surface area contributed by atoms with Crippen molar-refractivity contribution in [2.24, 2.45) is 12.5 Å². The number of hydrogen-bond acceptors (Lipinski definition) is 10. The molecule has 294 valence electrons. The third-order valence-electron chi connectivity index (χ3n) is 12.1. The Bertz CT molecular complexity index is 2010. The number of imide groups is 1. The predicted molar refractivity (Wildman–Crippen MR) is 202 cm³/mol. The van der Waals surface area contributed by atoms with E-state index in [4.69, 9.17) is 9.47 Å². The molecule has 4 saturated heterocycles. The second-order valence-electron chi connectivity index (χ2n) is 15.6. The Morgan fingerprint density at radius 3 is 2.27 bits per heavy atom. The average molecular weight is 762 g/mol. The van der Waals surface area contributed by atoms with Crippen LogP contribution in [0.25, 0.3) is 11.1 Å². The summed E-state index contributed by atoms with van der Waals surface area (Å²) in [6.45, 7) is 6.92. The number of halogens is 2. The fourth-order valence-corrected chi connectivity index (χ4v) is 8.71. The summed E-state index contributed by atoms with van der Waals surface area (Å²) in [6, 6.07) is 5.62. The first-order valence-electron chi connectivity index (χ1n) is 18.8. The molecule has 6 heterocycles. The summed E-state index contributed by atoms with van der Waals surface area (Å²) in [5, 5.41) is 4.87. The van der Waals surface area contributed by atoms with Crippen molar-refractivity contribution in [3.63, 3.8) is 0 Å². The van der Waals surface area contributed by atoms with E-state index in [-0.39, 0.29) is 48.5 Å². The van der Waals surface area contributed by atoms with Gasteiger partial charge in [0.2, 0.25) is 11.8 Å². The smallest absolute Gasteiger partial charge is 0.275 e. The van der Waals surface area contributed by atoms with Crippen LogP contribution < -0.4 is 30.6 Å². The van der Waals surface area contributed by atoms with Crippen molar-refractivity contribution in [3.05, 3.63) is 69.4 Å². The number of methoxy groups -OCH3 is 2. The lowest BCUT2D eigenvalue weighted by atomic mass is 9.71. The van der Waals surface area contributed by atoms with Gasteiger partial charge in [-0.2, -0.15) is 0 Å². The lowest BCUT2D eigenvalue weighted by Gasteiger charge is -2.56. The molecule has 55 heavy (non-hydrogen) atoms. The van der Waals surface area contributed by atoms with Crippen LogP contribution in [0.5, 0.6) is 11.5 Å². The molecule has 4 aliphatic rings. The number of ether oxygens (including phenoxy) is 2. The van der Waals surface area contributed by atoms with Crippen molar-refractivity contribution >= 4 is 23.4 Å². The number of likely N-dealkylation sites (tertiary alicyclic amines) is 2. The van der Waals surface area contributed by atoms with Gasteiger partial charge in [-0.05, 0) is 88.0 Å². The fourth-order valence-electron chi connectivity index (χ4n) is 8.71. The zero-order valence-corrected chi connectivity index (χ0v) is 32.0. The highest BCUT2D eigenvalue weighted by molar-refractivity contribution is 6.03. The minimum Gasteiger partial charge on any atom is -0.496 e. The molecular formula is C40H49F2N7O6. The number of rotatable bonds is 9. The molecule has 2 unspecified atom stereocenters. The highest BCUT2D eigenvalue weighted by Gasteiger charge is 2.51. The molecule has 2 aromatic heterocycles. The Kier molecular flexibility index (Phi) is 10.5. The molecule has 1 aromatic carbocycles. The molecule has 3 aromatic rings. The molecule has 7 rings (SSSR count). The minimum absolute atomic E-state index is 0.0548. The molecule has 1 spiro atoms. The van der Waals surface area contributed by atoms with E-state index in [0.29, 0.717) is 48.7 Å². The number of anilines is 1. The molecule has 13 nitrogen and oxygen atoms in total. The Balaban J connectivity index is 0.928. The van der Waals surface area contributed by atoms with Crippen LogP contribution in [0.2, 0.25) is 0 Å². The SMILES string of the molecule is COc1cc(-c2cn(C)c(=O)c(C)c2C)cc(OC)c1CN1CCC(N2CCC3(CC2)CN(c2ccc(C(=O)NC4CCC(=O)NC4=O)nc2)C3)C(F)(F)C1. The Hall–Kier alpha value is -4.89. The zero-order valence-electron chi connectivity index (χ0n) is 32.0. The summed E-state index contributed by atoms with van der Waals surface area (Å²) in [7, 11) is 4.84. The summed E-state index contributed by atoms with van der Waals surface area (Å²) in [5.74, 6) is -3.16. The van der Waals surface area contributed by atoms with Crippen LogP contribution >= 0.6 is 0 Å². The summed E-state index contributed by atoms with van der Waals surface area (Å²) in [4.78, 5) is 58.8. The number of alkyl halides is 2. The molecule has 0 saturated carbocycles. The molecular weight excluding hydrogens is 712 g/mol. The second-order valence-corrected chi connectivity index (χ2v) is 15.6. The number of hydrogen-bond donors (Lipinski definition) is 2. The first kappa shape index (κ1) is 38.4. The van der Waals surface area contributed by atoms with Crippen molar-refractivity contribution in [3.8, 4) is 22.6 Å². The summed E-state index contributed by atoms with van der Waals surface area (Å²) in [5.41, 5.74) is 4.97. The van der Waals surface area contributed by atoms with Gasteiger partial charge in [0.25, 0.3) is 17.4 Å². The number of nitrogens with zero attached hydrogens (tertiary/aromatic N) is 5. The largest absolute Gasteiger partial charge is 0.496 e. The highest BCUT2D eigenvalue weighted by atomic mass is 19.3. The van der Waals surface area contributed by atoms with E-state index in [2.05, 4.69) is 20.5 Å². The van der Waals surface area contributed by atoms with Gasteiger partial charge in [-0.15, -0.1) is 0 Å². The number of aryl methyl sites for hydroxylation is 1. The topological polar surface area (TPSA) is 138 Å². The molecule has 4 fully saturated rings. The predicted octanol–water partition coefficient (Wildman–Crippen LogP) is 3.43. The monoisotopic (exact) mass is 761 g/mol. The van der Waals surface area contributed by atoms with Crippen LogP contribution in [-0.2, 0) is 23.2 Å². The Morgan fingerprint density at radius 2 is 1.67 bits per heavy atom. The quantitative estimate of drug-likeness (QED) is 0.312. The fraction of sp³-hybridized carbons (Fsp3) is 0.525. The Morgan fingerprint density at radius 1 is 0.982 bits per heavy atom. The molecule has 2 N–H and O–H groups in total. The third-order valence-corrected chi connectivity index (χ3v) is 12.1. The first-order valence-corrected chi connectivity index (χ1v) is 18.8. The Labute approximate surface area is 319 Å². The van der Waals surface area contributed by atoms with Gasteiger partial charge in [0.1, 0.15) is 23.2 Å². The van der Waals surface area contributed by atoms with Crippen molar-refractivity contribution in [1.82, 2.24) is 30.0 Å². The van der Waals surface area contributed by atoms with E-state index in [9.17, 15) is 19.2 Å². The van der Waals surface area contributed by atoms with E-state index in [0.717, 1.165) is 48.3 Å². The number of benzene rings is 1. The van der Waals surface area contributed by atoms with Gasteiger partial charge in [-0.1, -0.05) is 0 Å². The number of amides is 3. The standard InChI is InChI=1S/C40H49F2N7O6/c1-24-25(2)38(53)46(3)19-28(24)26-16-32(54-4)29(33(17-26)55-5)20-47-13-10-34(40(41,42)23-47)48-14-11-39(12-15-48)21-49(22-39)27-6-7-30(43-18-27)36(51)44-31-8-9-35(50)45-37(31)52/h6-7,16-19,31,34H,8-15,20-23H2,1-5H3,(H,44,51)(H,45,50,52). The number of carbonyl (C=O) groups excluding carboxylic acids is 3. The lowest BCUT2D eigenvalue weighted by molar-refractivity contribution is -0.138. The van der Waals surface area contributed by atoms with E-state index >= 15 is 8.78 Å². The highest BCUT2D eigenvalue weighted by Crippen LogP contribution is 2.45. The normalized spacial score (nSPS) is 22.6. The zero-order chi connectivity index (χ0) is 39.2. The van der Waals surface area contributed by atoms with Crippen molar-refractivity contribution in [2.45, 2.75) is 70.5 Å². The first-order chi connectivity index (χ1) is 26.2. The van der Waals surface area contributed by atoms with E-state index < -0.39 is 29.8 Å². The van der Waals surface area contributed by atoms with E-state index in [1.165, 1.54) is 0 Å². The van der Waals surface area contributed by atoms with Crippen LogP contribution in [0, 0.1) is 19.3 Å². The average Bonchev–Trinajstić information content (AvgIpc) is 3.15. The van der Waals surface area contributed by atoms with Crippen molar-refractivity contribution in [1.29, 1.82) is 0 Å². The molecule has 0 bridgehead atoms. The van der Waals surface area contributed by atoms with Gasteiger partial charge in [0.05, 0.1) is 44.3 Å². The summed E-state index contributed by atoms with van der Waals surface area (Å²) >= 11 is 0. The van der Waals surface area contributed by atoms with Crippen molar-refractivity contribution in [2.75, 3.05) is 58.4 Å². The van der Waals surface area contributed by atoms with Crippen LogP contribution in [0.4, 0.5) is 14.5 Å². The maximum absolute atomic E-state index is 16.0. The van der Waals surface area contributed by atoms with E-state index in [1.807, 2.05) is 30.0 Å². The second kappa shape index (κ2) is 15.0. The minimum atomic E-state index is -2.91. The third kappa shape index (κ3) is 7.56. The van der Waals surface area contributed by atoms with Crippen LogP contribution in [0.1, 0.15) is 59.3 Å². The van der Waals surface area contributed by atoms with Gasteiger partial charge in [0.15, 0.2) is 0 Å². The maximum atomic E-state index is 16.0. The molecule has 3 amide bonds. The number of nitrogens with one attached hydrogen (secondary N) is 2. The van der Waals surface area contributed by atoms with Crippen LogP contribution in [0.15, 0.2) is 41.5 Å². The molecule has 2 atom stereocenters. The van der Waals surface area contributed by atoms with Gasteiger partial charge in [-0.3, -0.25) is 34.3 Å². The van der Waals surface area contributed by atoms with Crippen LogP contribution in [0.3, 0.4) is 0 Å². The number of aromatic nitrogens is 2. The van der Waals surface area contributed by atoms with Crippen LogP contribution in [-0.4, -0.2) is 109 Å². The molecule has 15 heteroatoms. The number of piperidine rings is 3. The molecule has 0 radical (unpaired) electrons. The number of carbonyl (C=O) groups is 3. The number of pyridine rings is 2. The van der Waals surface area contributed by atoms with Gasteiger partial charge in [0, 0.05) is 62.4 Å². The van der Waals surface area contributed by atoms with Gasteiger partial charge in [-0.25, -0.2) is 13.8 Å². The maximum Gasteiger partial charge on any atom is 0.275 e. The van der Waals surface area contributed by atoms with Gasteiger partial charge >= 0.3 is 0 Å². The lowest BCUT2D eigenvalue weighted by Crippen LogP contribution is -2.64.